The van der Waals surface area contributed by atoms with Crippen LogP contribution in [0.3, 0.4) is 0 Å². The molecule has 24 heavy (non-hydrogen) atoms. The van der Waals surface area contributed by atoms with E-state index in [9.17, 15) is 4.79 Å². The summed E-state index contributed by atoms with van der Waals surface area (Å²) in [5.41, 5.74) is 2.03. The van der Waals surface area contributed by atoms with E-state index in [4.69, 9.17) is 14.6 Å². The topological polar surface area (TPSA) is 55.8 Å². The molecule has 2 rings (SSSR count). The van der Waals surface area contributed by atoms with Crippen LogP contribution in [-0.4, -0.2) is 18.2 Å². The molecule has 0 heterocycles. The summed E-state index contributed by atoms with van der Waals surface area (Å²) in [5.74, 6) is 0.703. The van der Waals surface area contributed by atoms with E-state index < -0.39 is 5.97 Å². The van der Waals surface area contributed by atoms with E-state index in [1.54, 1.807) is 13.2 Å². The van der Waals surface area contributed by atoms with E-state index in [0.29, 0.717) is 13.0 Å². The lowest BCUT2D eigenvalue weighted by molar-refractivity contribution is -0.137. The molecule has 0 aliphatic carbocycles. The van der Waals surface area contributed by atoms with Crippen LogP contribution in [0.25, 0.3) is 0 Å². The lowest BCUT2D eigenvalue weighted by Gasteiger charge is -2.14. The highest BCUT2D eigenvalue weighted by Crippen LogP contribution is 2.26. The van der Waals surface area contributed by atoms with Crippen molar-refractivity contribution in [1.82, 2.24) is 0 Å². The van der Waals surface area contributed by atoms with Gasteiger partial charge in [0.05, 0.1) is 13.5 Å². The van der Waals surface area contributed by atoms with Crippen LogP contribution in [0.15, 0.2) is 61.2 Å². The van der Waals surface area contributed by atoms with E-state index in [1.165, 1.54) is 0 Å². The molecule has 0 bridgehead atoms. The van der Waals surface area contributed by atoms with Gasteiger partial charge < -0.3 is 14.6 Å². The summed E-state index contributed by atoms with van der Waals surface area (Å²) in [6.45, 7) is 4.17. The monoisotopic (exact) mass is 326 g/mol. The van der Waals surface area contributed by atoms with Crippen molar-refractivity contribution in [3.05, 3.63) is 72.3 Å². The molecule has 2 aromatic carbocycles. The van der Waals surface area contributed by atoms with Gasteiger partial charge in [-0.25, -0.2) is 0 Å². The van der Waals surface area contributed by atoms with Crippen LogP contribution in [0, 0.1) is 0 Å². The first-order valence-electron chi connectivity index (χ1n) is 7.80. The van der Waals surface area contributed by atoms with Crippen LogP contribution in [0.1, 0.15) is 29.9 Å². The van der Waals surface area contributed by atoms with Crippen LogP contribution < -0.4 is 9.47 Å². The molecule has 0 saturated carbocycles. The molecular weight excluding hydrogens is 304 g/mol. The molecule has 0 unspecified atom stereocenters. The van der Waals surface area contributed by atoms with Crippen molar-refractivity contribution < 1.29 is 19.4 Å². The molecule has 0 fully saturated rings. The lowest BCUT2D eigenvalue weighted by Crippen LogP contribution is -2.05. The third-order valence-corrected chi connectivity index (χ3v) is 3.79. The van der Waals surface area contributed by atoms with Gasteiger partial charge in [-0.05, 0) is 47.7 Å². The Morgan fingerprint density at radius 1 is 1.12 bits per heavy atom. The van der Waals surface area contributed by atoms with Crippen molar-refractivity contribution in [2.75, 3.05) is 7.11 Å². The van der Waals surface area contributed by atoms with Gasteiger partial charge in [-0.15, -0.1) is 6.58 Å². The Morgan fingerprint density at radius 2 is 1.75 bits per heavy atom. The maximum atomic E-state index is 11.0. The number of allylic oxidation sites excluding steroid dienone is 1. The lowest BCUT2D eigenvalue weighted by atomic mass is 9.92. The second-order valence-corrected chi connectivity index (χ2v) is 5.52. The highest BCUT2D eigenvalue weighted by molar-refractivity contribution is 5.68. The Hall–Kier alpha value is -2.75. The van der Waals surface area contributed by atoms with Gasteiger partial charge in [0, 0.05) is 0 Å². The van der Waals surface area contributed by atoms with Crippen LogP contribution >= 0.6 is 0 Å². The van der Waals surface area contributed by atoms with Crippen molar-refractivity contribution in [3.63, 3.8) is 0 Å². The first-order chi connectivity index (χ1) is 11.6. The van der Waals surface area contributed by atoms with Gasteiger partial charge in [0.25, 0.3) is 0 Å². The smallest absolute Gasteiger partial charge is 0.303 e. The molecule has 0 saturated heterocycles. The molecule has 1 atom stereocenters. The van der Waals surface area contributed by atoms with Crippen molar-refractivity contribution >= 4 is 5.97 Å². The normalized spacial score (nSPS) is 11.5. The average molecular weight is 326 g/mol. The average Bonchev–Trinajstić information content (AvgIpc) is 2.60. The molecule has 0 aromatic heterocycles. The molecule has 0 spiro atoms. The molecule has 126 valence electrons. The number of carboxylic acids is 1. The summed E-state index contributed by atoms with van der Waals surface area (Å²) in [4.78, 5) is 11.0. The molecule has 0 aliphatic rings. The van der Waals surface area contributed by atoms with E-state index in [-0.39, 0.29) is 12.3 Å². The Kier molecular flexibility index (Phi) is 6.43. The van der Waals surface area contributed by atoms with Crippen LogP contribution in [0.4, 0.5) is 0 Å². The summed E-state index contributed by atoms with van der Waals surface area (Å²) in [5, 5.41) is 9.01. The molecule has 2 aromatic rings. The maximum absolute atomic E-state index is 11.0. The van der Waals surface area contributed by atoms with E-state index >= 15 is 0 Å². The minimum Gasteiger partial charge on any atom is -0.497 e. The molecule has 0 amide bonds. The number of benzene rings is 2. The minimum atomic E-state index is -0.804. The zero-order valence-electron chi connectivity index (χ0n) is 13.8. The number of hydrogen-bond acceptors (Lipinski definition) is 3. The van der Waals surface area contributed by atoms with Gasteiger partial charge in [-0.3, -0.25) is 4.79 Å². The van der Waals surface area contributed by atoms with Gasteiger partial charge in [0.1, 0.15) is 18.1 Å². The van der Waals surface area contributed by atoms with Crippen molar-refractivity contribution in [2.45, 2.75) is 25.4 Å². The summed E-state index contributed by atoms with van der Waals surface area (Å²) < 4.78 is 10.9. The Labute approximate surface area is 142 Å². The number of rotatable bonds is 9. The third kappa shape index (κ3) is 5.16. The maximum Gasteiger partial charge on any atom is 0.303 e. The van der Waals surface area contributed by atoms with Gasteiger partial charge in [0.15, 0.2) is 0 Å². The van der Waals surface area contributed by atoms with Crippen LogP contribution in [0.2, 0.25) is 0 Å². The SMILES string of the molecule is C=CC[C@@H](CC(=O)O)c1ccc(OCc2ccc(OC)cc2)cc1. The number of aliphatic carboxylic acids is 1. The van der Waals surface area contributed by atoms with Gasteiger partial charge in [0.2, 0.25) is 0 Å². The largest absolute Gasteiger partial charge is 0.497 e. The predicted octanol–water partition coefficient (Wildman–Crippen LogP) is 4.41. The Bertz CT molecular complexity index is 659. The van der Waals surface area contributed by atoms with Gasteiger partial charge in [-0.2, -0.15) is 0 Å². The van der Waals surface area contributed by atoms with Crippen molar-refractivity contribution in [3.8, 4) is 11.5 Å². The first-order valence-corrected chi connectivity index (χ1v) is 7.80. The van der Waals surface area contributed by atoms with Crippen molar-refractivity contribution in [1.29, 1.82) is 0 Å². The molecular formula is C20H22O4. The van der Waals surface area contributed by atoms with Gasteiger partial charge >= 0.3 is 5.97 Å². The summed E-state index contributed by atoms with van der Waals surface area (Å²) >= 11 is 0. The predicted molar refractivity (Wildman–Crippen MR) is 93.6 cm³/mol. The number of ether oxygens (including phenoxy) is 2. The van der Waals surface area contributed by atoms with E-state index in [0.717, 1.165) is 22.6 Å². The summed E-state index contributed by atoms with van der Waals surface area (Å²) in [6, 6.07) is 15.3. The number of hydrogen-bond donors (Lipinski definition) is 1. The first kappa shape index (κ1) is 17.6. The standard InChI is InChI=1S/C20H22O4/c1-3-4-17(13-20(21)22)16-7-11-19(12-8-16)24-14-15-5-9-18(23-2)10-6-15/h3,5-12,17H,1,4,13-14H2,2H3,(H,21,22)/t17-/m0/s1. The highest BCUT2D eigenvalue weighted by atomic mass is 16.5. The van der Waals surface area contributed by atoms with Crippen LogP contribution in [-0.2, 0) is 11.4 Å². The molecule has 0 aliphatic heterocycles. The fourth-order valence-electron chi connectivity index (χ4n) is 2.47. The fraction of sp³-hybridized carbons (Fsp3) is 0.250. The van der Waals surface area contributed by atoms with Gasteiger partial charge in [-0.1, -0.05) is 30.3 Å². The molecule has 0 radical (unpaired) electrons. The van der Waals surface area contributed by atoms with E-state index in [2.05, 4.69) is 6.58 Å². The highest BCUT2D eigenvalue weighted by Gasteiger charge is 2.14. The zero-order chi connectivity index (χ0) is 17.4. The molecule has 4 heteroatoms. The second kappa shape index (κ2) is 8.77. The fourth-order valence-corrected chi connectivity index (χ4v) is 2.47. The molecule has 1 N–H and O–H groups in total. The third-order valence-electron chi connectivity index (χ3n) is 3.79. The zero-order valence-corrected chi connectivity index (χ0v) is 13.8. The summed E-state index contributed by atoms with van der Waals surface area (Å²) in [6.07, 6.45) is 2.48. The summed E-state index contributed by atoms with van der Waals surface area (Å²) in [7, 11) is 1.64. The minimum absolute atomic E-state index is 0.0596. The number of carboxylic acid groups (broad SMARTS) is 1. The molecule has 4 nitrogen and oxygen atoms in total. The van der Waals surface area contributed by atoms with E-state index in [1.807, 2.05) is 48.5 Å². The second-order valence-electron chi connectivity index (χ2n) is 5.52. The number of carbonyl (C=O) groups is 1. The Balaban J connectivity index is 1.97. The van der Waals surface area contributed by atoms with Crippen molar-refractivity contribution in [2.24, 2.45) is 0 Å². The number of methoxy groups -OCH3 is 1. The Morgan fingerprint density at radius 3 is 2.29 bits per heavy atom. The van der Waals surface area contributed by atoms with Crippen LogP contribution in [0.5, 0.6) is 11.5 Å². The quantitative estimate of drug-likeness (QED) is 0.694.